The maximum atomic E-state index is 6.75. The fourth-order valence-electron chi connectivity index (χ4n) is 8.03. The van der Waals surface area contributed by atoms with Crippen LogP contribution in [-0.4, -0.2) is 15.0 Å². The molecule has 0 saturated heterocycles. The van der Waals surface area contributed by atoms with Crippen LogP contribution in [0.2, 0.25) is 0 Å². The predicted octanol–water partition coefficient (Wildman–Crippen LogP) is 14.1. The molecule has 0 spiro atoms. The third-order valence-corrected chi connectivity index (χ3v) is 11.8. The van der Waals surface area contributed by atoms with Crippen LogP contribution in [0, 0.1) is 0 Å². The first-order chi connectivity index (χ1) is 27.8. The van der Waals surface area contributed by atoms with E-state index < -0.39 is 0 Å². The van der Waals surface area contributed by atoms with E-state index >= 15 is 0 Å². The van der Waals surface area contributed by atoms with Gasteiger partial charge in [0, 0.05) is 71.2 Å². The summed E-state index contributed by atoms with van der Waals surface area (Å²) in [6.07, 6.45) is 3.69. The number of pyridine rings is 1. The minimum atomic E-state index is 0.661. The Morgan fingerprint density at radius 1 is 0.411 bits per heavy atom. The third kappa shape index (κ3) is 5.40. The van der Waals surface area contributed by atoms with E-state index in [0.29, 0.717) is 5.82 Å². The number of nitrogens with zero attached hydrogens (tertiary/aromatic N) is 3. The summed E-state index contributed by atoms with van der Waals surface area (Å²) in [5.74, 6) is 0.661. The summed E-state index contributed by atoms with van der Waals surface area (Å²) >= 11 is 1.84. The third-order valence-electron chi connectivity index (χ3n) is 10.6. The fraction of sp³-hybridized carbons (Fsp3) is 0. The molecule has 0 radical (unpaired) electrons. The molecular weight excluding hydrogens is 703 g/mol. The number of furan rings is 1. The van der Waals surface area contributed by atoms with Crippen molar-refractivity contribution >= 4 is 53.4 Å². The highest BCUT2D eigenvalue weighted by atomic mass is 32.1. The van der Waals surface area contributed by atoms with Crippen molar-refractivity contribution in [3.8, 4) is 67.3 Å². The van der Waals surface area contributed by atoms with Crippen LogP contribution in [-0.2, 0) is 0 Å². The van der Waals surface area contributed by atoms with Gasteiger partial charge < -0.3 is 4.42 Å². The maximum absolute atomic E-state index is 6.75. The molecule has 0 unspecified atom stereocenters. The van der Waals surface area contributed by atoms with E-state index in [4.69, 9.17) is 14.4 Å². The van der Waals surface area contributed by atoms with Gasteiger partial charge in [-0.2, -0.15) is 0 Å². The van der Waals surface area contributed by atoms with Crippen LogP contribution in [0.15, 0.2) is 193 Å². The van der Waals surface area contributed by atoms with Crippen molar-refractivity contribution < 1.29 is 4.42 Å². The van der Waals surface area contributed by atoms with Crippen LogP contribution < -0.4 is 0 Å². The van der Waals surface area contributed by atoms with Gasteiger partial charge in [0.1, 0.15) is 11.2 Å². The molecule has 0 N–H and O–H groups in total. The Balaban J connectivity index is 1.05. The van der Waals surface area contributed by atoms with E-state index in [9.17, 15) is 0 Å². The Hall–Kier alpha value is -7.21. The molecule has 7 aromatic carbocycles. The molecular formula is C51H31N3OS. The minimum absolute atomic E-state index is 0.661. The largest absolute Gasteiger partial charge is 0.455 e. The molecule has 11 aromatic rings. The lowest BCUT2D eigenvalue weighted by atomic mass is 9.92. The van der Waals surface area contributed by atoms with E-state index in [0.717, 1.165) is 72.3 Å². The zero-order valence-corrected chi connectivity index (χ0v) is 30.9. The smallest absolute Gasteiger partial charge is 0.160 e. The SMILES string of the molecule is c1ccc(-c2cc(-c3ccccc3-c3cccnc3)nc(-c3ccc(-c4ccc(-c5cccc6sc7ccccc7c56)c5c4oc4ccccc45)cc3)n2)cc1. The summed E-state index contributed by atoms with van der Waals surface area (Å²) in [6.45, 7) is 0. The van der Waals surface area contributed by atoms with Crippen molar-refractivity contribution in [3.05, 3.63) is 188 Å². The van der Waals surface area contributed by atoms with Gasteiger partial charge in [0.05, 0.1) is 11.4 Å². The molecule has 0 saturated carbocycles. The molecule has 0 amide bonds. The minimum Gasteiger partial charge on any atom is -0.455 e. The molecule has 0 fully saturated rings. The Bertz CT molecular complexity index is 3240. The molecule has 0 aliphatic carbocycles. The predicted molar refractivity (Wildman–Crippen MR) is 233 cm³/mol. The van der Waals surface area contributed by atoms with Crippen molar-refractivity contribution in [2.75, 3.05) is 0 Å². The lowest BCUT2D eigenvalue weighted by Crippen LogP contribution is -1.97. The highest BCUT2D eigenvalue weighted by Crippen LogP contribution is 2.46. The summed E-state index contributed by atoms with van der Waals surface area (Å²) in [5, 5.41) is 4.81. The summed E-state index contributed by atoms with van der Waals surface area (Å²) in [4.78, 5) is 14.7. The summed E-state index contributed by atoms with van der Waals surface area (Å²) < 4.78 is 9.33. The monoisotopic (exact) mass is 733 g/mol. The first kappa shape index (κ1) is 32.2. The number of thiophene rings is 1. The molecule has 0 aliphatic heterocycles. The average molecular weight is 734 g/mol. The van der Waals surface area contributed by atoms with Gasteiger partial charge in [0.2, 0.25) is 0 Å². The van der Waals surface area contributed by atoms with Crippen LogP contribution in [0.3, 0.4) is 0 Å². The summed E-state index contributed by atoms with van der Waals surface area (Å²) in [6, 6.07) is 61.6. The summed E-state index contributed by atoms with van der Waals surface area (Å²) in [5.41, 5.74) is 13.1. The second-order valence-corrected chi connectivity index (χ2v) is 15.0. The zero-order valence-electron chi connectivity index (χ0n) is 30.1. The second kappa shape index (κ2) is 13.3. The topological polar surface area (TPSA) is 51.8 Å². The van der Waals surface area contributed by atoms with Crippen LogP contribution in [0.25, 0.3) is 109 Å². The van der Waals surface area contributed by atoms with E-state index in [1.807, 2.05) is 47.9 Å². The number of para-hydroxylation sites is 1. The first-order valence-electron chi connectivity index (χ1n) is 18.7. The van der Waals surface area contributed by atoms with Crippen LogP contribution >= 0.6 is 11.3 Å². The van der Waals surface area contributed by atoms with Gasteiger partial charge in [-0.15, -0.1) is 11.3 Å². The molecule has 0 atom stereocenters. The van der Waals surface area contributed by atoms with E-state index in [2.05, 4.69) is 151 Å². The number of fused-ring (bicyclic) bond motifs is 6. The van der Waals surface area contributed by atoms with E-state index in [-0.39, 0.29) is 0 Å². The maximum Gasteiger partial charge on any atom is 0.160 e. The summed E-state index contributed by atoms with van der Waals surface area (Å²) in [7, 11) is 0. The number of rotatable bonds is 6. The Morgan fingerprint density at radius 2 is 1.07 bits per heavy atom. The van der Waals surface area contributed by atoms with E-state index in [1.54, 1.807) is 6.20 Å². The van der Waals surface area contributed by atoms with E-state index in [1.165, 1.54) is 31.3 Å². The molecule has 262 valence electrons. The standard InChI is InChI=1S/C51H31N3OS/c1-2-12-33(13-3-1)43-30-44(38-16-5-4-15-36(38)35-14-11-29-52-31-35)54-51(53-43)34-25-23-32(24-26-34)37-27-28-40(49-41-17-6-8-20-45(41)55-50(37)49)39-19-10-22-47-48(39)42-18-7-9-21-46(42)56-47/h1-31H. The van der Waals surface area contributed by atoms with Gasteiger partial charge in [-0.1, -0.05) is 140 Å². The van der Waals surface area contributed by atoms with Crippen LogP contribution in [0.1, 0.15) is 0 Å². The van der Waals surface area contributed by atoms with Crippen LogP contribution in [0.5, 0.6) is 0 Å². The van der Waals surface area contributed by atoms with Gasteiger partial charge in [-0.3, -0.25) is 4.98 Å². The van der Waals surface area contributed by atoms with Gasteiger partial charge in [0.25, 0.3) is 0 Å². The van der Waals surface area contributed by atoms with Crippen molar-refractivity contribution in [3.63, 3.8) is 0 Å². The molecule has 4 heterocycles. The molecule has 5 heteroatoms. The Kier molecular flexibility index (Phi) is 7.64. The van der Waals surface area contributed by atoms with Crippen molar-refractivity contribution in [2.45, 2.75) is 0 Å². The number of hydrogen-bond acceptors (Lipinski definition) is 5. The average Bonchev–Trinajstić information content (AvgIpc) is 3.86. The van der Waals surface area contributed by atoms with Gasteiger partial charge in [-0.05, 0) is 58.7 Å². The Labute approximate surface area is 327 Å². The van der Waals surface area contributed by atoms with Crippen molar-refractivity contribution in [2.24, 2.45) is 0 Å². The lowest BCUT2D eigenvalue weighted by molar-refractivity contribution is 0.670. The lowest BCUT2D eigenvalue weighted by Gasteiger charge is -2.13. The molecule has 4 aromatic heterocycles. The normalized spacial score (nSPS) is 11.6. The van der Waals surface area contributed by atoms with Crippen LogP contribution in [0.4, 0.5) is 0 Å². The molecule has 11 rings (SSSR count). The van der Waals surface area contributed by atoms with Crippen molar-refractivity contribution in [1.29, 1.82) is 0 Å². The first-order valence-corrected chi connectivity index (χ1v) is 19.5. The zero-order chi connectivity index (χ0) is 37.0. The van der Waals surface area contributed by atoms with Crippen molar-refractivity contribution in [1.82, 2.24) is 15.0 Å². The second-order valence-electron chi connectivity index (χ2n) is 13.9. The molecule has 56 heavy (non-hydrogen) atoms. The Morgan fingerprint density at radius 3 is 1.93 bits per heavy atom. The van der Waals surface area contributed by atoms with Gasteiger partial charge in [0.15, 0.2) is 5.82 Å². The molecule has 0 aliphatic rings. The number of hydrogen-bond donors (Lipinski definition) is 0. The number of benzene rings is 7. The highest BCUT2D eigenvalue weighted by molar-refractivity contribution is 7.25. The molecule has 0 bridgehead atoms. The highest BCUT2D eigenvalue weighted by Gasteiger charge is 2.20. The number of aromatic nitrogens is 3. The molecule has 4 nitrogen and oxygen atoms in total. The van der Waals surface area contributed by atoms with Gasteiger partial charge in [-0.25, -0.2) is 9.97 Å². The fourth-order valence-corrected chi connectivity index (χ4v) is 9.16. The quantitative estimate of drug-likeness (QED) is 0.171. The van der Waals surface area contributed by atoms with Gasteiger partial charge >= 0.3 is 0 Å².